The first kappa shape index (κ1) is 18.9. The van der Waals surface area contributed by atoms with E-state index in [-0.39, 0.29) is 27.7 Å². The van der Waals surface area contributed by atoms with Crippen molar-refractivity contribution in [2.45, 2.75) is 36.8 Å². The van der Waals surface area contributed by atoms with Gasteiger partial charge >= 0.3 is 6.18 Å². The number of nitrogens with zero attached hydrogens (tertiary/aromatic N) is 4. The highest BCUT2D eigenvalue weighted by atomic mass is 32.2. The number of hydrogen-bond donors (Lipinski definition) is 0. The van der Waals surface area contributed by atoms with E-state index in [1.54, 1.807) is 19.3 Å². The molecule has 0 aliphatic heterocycles. The lowest BCUT2D eigenvalue weighted by atomic mass is 10.2. The second-order valence-corrected chi connectivity index (χ2v) is 9.09. The lowest BCUT2D eigenvalue weighted by molar-refractivity contribution is -0.141. The Morgan fingerprint density at radius 3 is 2.50 bits per heavy atom. The van der Waals surface area contributed by atoms with Crippen molar-refractivity contribution in [1.29, 1.82) is 0 Å². The zero-order valence-corrected chi connectivity index (χ0v) is 16.0. The molecule has 0 radical (unpaired) electrons. The summed E-state index contributed by atoms with van der Waals surface area (Å²) in [7, 11) is -2.01. The molecule has 3 aromatic rings. The first-order valence-electron chi connectivity index (χ1n) is 8.74. The van der Waals surface area contributed by atoms with Gasteiger partial charge in [0.05, 0.1) is 27.9 Å². The van der Waals surface area contributed by atoms with Crippen LogP contribution in [0.25, 0.3) is 22.6 Å². The molecule has 1 aliphatic carbocycles. The van der Waals surface area contributed by atoms with Crippen LogP contribution in [-0.4, -0.2) is 33.7 Å². The maximum atomic E-state index is 12.9. The Kier molecular flexibility index (Phi) is 4.22. The molecule has 0 saturated heterocycles. The second kappa shape index (κ2) is 6.26. The molecule has 0 N–H and O–H groups in total. The van der Waals surface area contributed by atoms with Gasteiger partial charge in [-0.2, -0.15) is 13.2 Å². The van der Waals surface area contributed by atoms with Crippen LogP contribution in [0.1, 0.15) is 36.9 Å². The highest BCUT2D eigenvalue weighted by molar-refractivity contribution is 7.91. The van der Waals surface area contributed by atoms with Crippen LogP contribution in [-0.2, 0) is 23.1 Å². The summed E-state index contributed by atoms with van der Waals surface area (Å²) < 4.78 is 65.7. The molecule has 4 rings (SSSR count). The predicted octanol–water partition coefficient (Wildman–Crippen LogP) is 3.72. The third kappa shape index (κ3) is 3.15. The fraction of sp³-hybridized carbons (Fsp3) is 0.389. The van der Waals surface area contributed by atoms with Crippen LogP contribution in [0.2, 0.25) is 0 Å². The number of halogens is 3. The quantitative estimate of drug-likeness (QED) is 0.655. The average Bonchev–Trinajstić information content (AvgIpc) is 3.45. The SMILES string of the molecule is CCS(=O)(=O)c1cc(C2CC2)cnc1-c1nc2cc(C(F)(F)F)ncc2n1C. The summed E-state index contributed by atoms with van der Waals surface area (Å²) in [4.78, 5) is 12.1. The third-order valence-corrected chi connectivity index (χ3v) is 6.65. The average molecular weight is 410 g/mol. The molecule has 0 amide bonds. The van der Waals surface area contributed by atoms with Crippen LogP contribution in [0, 0.1) is 0 Å². The molecule has 0 spiro atoms. The van der Waals surface area contributed by atoms with Gasteiger partial charge in [0.15, 0.2) is 15.7 Å². The zero-order chi connectivity index (χ0) is 20.3. The monoisotopic (exact) mass is 410 g/mol. The van der Waals surface area contributed by atoms with E-state index in [9.17, 15) is 21.6 Å². The van der Waals surface area contributed by atoms with E-state index in [2.05, 4.69) is 15.0 Å². The van der Waals surface area contributed by atoms with Gasteiger partial charge in [-0.25, -0.2) is 18.4 Å². The smallest absolute Gasteiger partial charge is 0.324 e. The Labute approximate surface area is 159 Å². The Morgan fingerprint density at radius 1 is 1.18 bits per heavy atom. The first-order valence-corrected chi connectivity index (χ1v) is 10.4. The molecule has 1 fully saturated rings. The first-order chi connectivity index (χ1) is 13.1. The number of rotatable bonds is 4. The van der Waals surface area contributed by atoms with Crippen molar-refractivity contribution < 1.29 is 21.6 Å². The molecular formula is C18H17F3N4O2S. The Hall–Kier alpha value is -2.49. The molecule has 0 bridgehead atoms. The van der Waals surface area contributed by atoms with Gasteiger partial charge in [-0.1, -0.05) is 6.92 Å². The van der Waals surface area contributed by atoms with E-state index in [0.717, 1.165) is 30.7 Å². The molecule has 0 unspecified atom stereocenters. The fourth-order valence-corrected chi connectivity index (χ4v) is 4.18. The maximum absolute atomic E-state index is 12.9. The normalized spacial score (nSPS) is 15.3. The minimum atomic E-state index is -4.59. The van der Waals surface area contributed by atoms with E-state index < -0.39 is 21.7 Å². The summed E-state index contributed by atoms with van der Waals surface area (Å²) in [6, 6.07) is 2.48. The zero-order valence-electron chi connectivity index (χ0n) is 15.2. The molecule has 3 aromatic heterocycles. The second-order valence-electron chi connectivity index (χ2n) is 6.84. The van der Waals surface area contributed by atoms with Gasteiger partial charge in [0.1, 0.15) is 11.4 Å². The summed E-state index contributed by atoms with van der Waals surface area (Å²) in [5, 5.41) is 0. The molecule has 1 aliphatic rings. The molecule has 28 heavy (non-hydrogen) atoms. The van der Waals surface area contributed by atoms with Gasteiger partial charge in [-0.15, -0.1) is 0 Å². The Bertz CT molecular complexity index is 1180. The molecule has 3 heterocycles. The van der Waals surface area contributed by atoms with Crippen LogP contribution in [0.5, 0.6) is 0 Å². The van der Waals surface area contributed by atoms with Crippen LogP contribution >= 0.6 is 0 Å². The van der Waals surface area contributed by atoms with Crippen molar-refractivity contribution in [2.75, 3.05) is 5.75 Å². The number of hydrogen-bond acceptors (Lipinski definition) is 5. The van der Waals surface area contributed by atoms with Crippen LogP contribution < -0.4 is 0 Å². The molecule has 148 valence electrons. The van der Waals surface area contributed by atoms with Gasteiger partial charge < -0.3 is 4.57 Å². The minimum Gasteiger partial charge on any atom is -0.324 e. The fourth-order valence-electron chi connectivity index (χ4n) is 3.12. The number of sulfone groups is 1. The Morgan fingerprint density at radius 2 is 1.89 bits per heavy atom. The van der Waals surface area contributed by atoms with Crippen molar-refractivity contribution in [3.63, 3.8) is 0 Å². The highest BCUT2D eigenvalue weighted by Gasteiger charge is 2.33. The van der Waals surface area contributed by atoms with Crippen molar-refractivity contribution in [2.24, 2.45) is 7.05 Å². The summed E-state index contributed by atoms with van der Waals surface area (Å²) in [6.45, 7) is 1.54. The standard InChI is InChI=1S/C18H17F3N4O2S/c1-3-28(26,27)14-6-11(10-4-5-10)8-23-16(14)17-24-12-7-15(18(19,20)21)22-9-13(12)25(17)2/h6-10H,3-5H2,1-2H3. The summed E-state index contributed by atoms with van der Waals surface area (Å²) in [6.07, 6.45) is 0.101. The minimum absolute atomic E-state index is 0.0572. The number of imidazole rings is 1. The summed E-state index contributed by atoms with van der Waals surface area (Å²) in [5.41, 5.74) is 0.376. The van der Waals surface area contributed by atoms with Crippen molar-refractivity contribution in [3.8, 4) is 11.5 Å². The number of fused-ring (bicyclic) bond motifs is 1. The topological polar surface area (TPSA) is 77.7 Å². The Balaban J connectivity index is 1.93. The lowest BCUT2D eigenvalue weighted by Crippen LogP contribution is -2.09. The predicted molar refractivity (Wildman–Crippen MR) is 96.4 cm³/mol. The molecule has 0 aromatic carbocycles. The van der Waals surface area contributed by atoms with E-state index in [1.807, 2.05) is 0 Å². The maximum Gasteiger partial charge on any atom is 0.433 e. The molecule has 1 saturated carbocycles. The van der Waals surface area contributed by atoms with Crippen molar-refractivity contribution in [3.05, 3.63) is 35.8 Å². The van der Waals surface area contributed by atoms with Crippen LogP contribution in [0.15, 0.2) is 29.4 Å². The van der Waals surface area contributed by atoms with Gasteiger partial charge in [0.25, 0.3) is 0 Å². The summed E-state index contributed by atoms with van der Waals surface area (Å²) in [5.74, 6) is 0.385. The lowest BCUT2D eigenvalue weighted by Gasteiger charge is -2.10. The summed E-state index contributed by atoms with van der Waals surface area (Å²) >= 11 is 0. The number of pyridine rings is 2. The number of alkyl halides is 3. The number of aromatic nitrogens is 4. The third-order valence-electron chi connectivity index (χ3n) is 4.91. The molecule has 10 heteroatoms. The van der Waals surface area contributed by atoms with Crippen molar-refractivity contribution >= 4 is 20.9 Å². The van der Waals surface area contributed by atoms with E-state index >= 15 is 0 Å². The molecule has 0 atom stereocenters. The van der Waals surface area contributed by atoms with E-state index in [4.69, 9.17) is 0 Å². The van der Waals surface area contributed by atoms with Gasteiger partial charge in [-0.05, 0) is 36.5 Å². The van der Waals surface area contributed by atoms with Crippen LogP contribution in [0.3, 0.4) is 0 Å². The van der Waals surface area contributed by atoms with Gasteiger partial charge in [0, 0.05) is 13.2 Å². The van der Waals surface area contributed by atoms with E-state index in [1.165, 1.54) is 11.5 Å². The van der Waals surface area contributed by atoms with E-state index in [0.29, 0.717) is 11.4 Å². The largest absolute Gasteiger partial charge is 0.433 e. The van der Waals surface area contributed by atoms with Crippen LogP contribution in [0.4, 0.5) is 13.2 Å². The van der Waals surface area contributed by atoms with Gasteiger partial charge in [0.2, 0.25) is 0 Å². The highest BCUT2D eigenvalue weighted by Crippen LogP contribution is 2.41. The van der Waals surface area contributed by atoms with Gasteiger partial charge in [-0.3, -0.25) is 4.98 Å². The molecular weight excluding hydrogens is 393 g/mol. The number of aryl methyl sites for hydroxylation is 1. The van der Waals surface area contributed by atoms with Crippen molar-refractivity contribution in [1.82, 2.24) is 19.5 Å². The molecule has 6 nitrogen and oxygen atoms in total.